The summed E-state index contributed by atoms with van der Waals surface area (Å²) in [5, 5.41) is 2.95. The third kappa shape index (κ3) is 4.03. The van der Waals surface area contributed by atoms with Crippen LogP contribution in [0.3, 0.4) is 0 Å². The molecule has 0 radical (unpaired) electrons. The van der Waals surface area contributed by atoms with Crippen LogP contribution in [0.15, 0.2) is 4.99 Å². The second kappa shape index (κ2) is 7.18. The summed E-state index contributed by atoms with van der Waals surface area (Å²) in [6, 6.07) is 0.402. The molecule has 0 aliphatic carbocycles. The Balaban J connectivity index is 1.57. The summed E-state index contributed by atoms with van der Waals surface area (Å²) in [6.07, 6.45) is 4.19. The van der Waals surface area contributed by atoms with Gasteiger partial charge in [-0.2, -0.15) is 0 Å². The summed E-state index contributed by atoms with van der Waals surface area (Å²) in [7, 11) is 0. The van der Waals surface area contributed by atoms with Crippen LogP contribution < -0.4 is 5.32 Å². The number of rotatable bonds is 2. The van der Waals surface area contributed by atoms with Crippen LogP contribution in [0.4, 0.5) is 4.79 Å². The second-order valence-corrected chi connectivity index (χ2v) is 8.67. The van der Waals surface area contributed by atoms with Crippen LogP contribution in [-0.2, 0) is 9.53 Å². The van der Waals surface area contributed by atoms with Gasteiger partial charge < -0.3 is 15.0 Å². The molecule has 3 heterocycles. The van der Waals surface area contributed by atoms with Crippen molar-refractivity contribution in [2.24, 2.45) is 4.99 Å². The number of amides is 2. The summed E-state index contributed by atoms with van der Waals surface area (Å²) in [5.74, 6) is 0.877. The summed E-state index contributed by atoms with van der Waals surface area (Å²) in [6.45, 7) is 10.8. The third-order valence-corrected chi connectivity index (χ3v) is 5.50. The van der Waals surface area contributed by atoms with Crippen molar-refractivity contribution >= 4 is 17.8 Å². The molecule has 1 spiro atoms. The lowest BCUT2D eigenvalue weighted by molar-refractivity contribution is -0.126. The van der Waals surface area contributed by atoms with E-state index in [0.29, 0.717) is 25.7 Å². The first-order valence-corrected chi connectivity index (χ1v) is 9.84. The maximum Gasteiger partial charge on any atom is 0.410 e. The van der Waals surface area contributed by atoms with Crippen LogP contribution in [-0.4, -0.2) is 71.0 Å². The third-order valence-electron chi connectivity index (χ3n) is 5.50. The molecule has 26 heavy (non-hydrogen) atoms. The Bertz CT molecular complexity index is 590. The van der Waals surface area contributed by atoms with E-state index in [-0.39, 0.29) is 12.0 Å². The predicted octanol–water partition coefficient (Wildman–Crippen LogP) is 2.16. The summed E-state index contributed by atoms with van der Waals surface area (Å²) < 4.78 is 5.47. The number of carbonyl (C=O) groups is 2. The number of amidine groups is 1. The van der Waals surface area contributed by atoms with Gasteiger partial charge in [-0.05, 0) is 53.0 Å². The minimum Gasteiger partial charge on any atom is -0.444 e. The van der Waals surface area contributed by atoms with Gasteiger partial charge in [0.05, 0.1) is 0 Å². The number of aliphatic imine (C=N–C) groups is 1. The zero-order chi connectivity index (χ0) is 18.9. The SMILES string of the molecule is CCC1=NC2(CCCN(C3CCN(C(=O)OC(C)(C)C)CC3)C2)C(=O)N1. The number of nitrogens with zero attached hydrogens (tertiary/aromatic N) is 3. The molecule has 146 valence electrons. The molecule has 7 heteroatoms. The van der Waals surface area contributed by atoms with Gasteiger partial charge in [-0.15, -0.1) is 0 Å². The summed E-state index contributed by atoms with van der Waals surface area (Å²) in [5.41, 5.74) is -1.05. The average Bonchev–Trinajstić information content (AvgIpc) is 2.89. The Morgan fingerprint density at radius 3 is 2.58 bits per heavy atom. The smallest absolute Gasteiger partial charge is 0.410 e. The Labute approximate surface area is 156 Å². The van der Waals surface area contributed by atoms with E-state index in [0.717, 1.165) is 44.5 Å². The molecule has 2 amide bonds. The van der Waals surface area contributed by atoms with Crippen molar-refractivity contribution in [1.82, 2.24) is 15.1 Å². The topological polar surface area (TPSA) is 74.2 Å². The monoisotopic (exact) mass is 364 g/mol. The highest BCUT2D eigenvalue weighted by atomic mass is 16.6. The molecule has 0 aromatic carbocycles. The Morgan fingerprint density at radius 2 is 2.00 bits per heavy atom. The molecule has 2 saturated heterocycles. The number of carbonyl (C=O) groups excluding carboxylic acids is 2. The van der Waals surface area contributed by atoms with Crippen molar-refractivity contribution in [3.8, 4) is 0 Å². The molecule has 0 bridgehead atoms. The van der Waals surface area contributed by atoms with E-state index in [4.69, 9.17) is 9.73 Å². The fourth-order valence-corrected chi connectivity index (χ4v) is 4.15. The van der Waals surface area contributed by atoms with Crippen molar-refractivity contribution in [3.63, 3.8) is 0 Å². The second-order valence-electron chi connectivity index (χ2n) is 8.67. The molecule has 3 aliphatic heterocycles. The van der Waals surface area contributed by atoms with Gasteiger partial charge in [-0.1, -0.05) is 6.92 Å². The molecule has 3 aliphatic rings. The quantitative estimate of drug-likeness (QED) is 0.815. The minimum absolute atomic E-state index is 0.0604. The maximum atomic E-state index is 12.5. The highest BCUT2D eigenvalue weighted by Gasteiger charge is 2.47. The lowest BCUT2D eigenvalue weighted by Crippen LogP contribution is -2.57. The van der Waals surface area contributed by atoms with E-state index in [1.807, 2.05) is 27.7 Å². The number of piperidine rings is 2. The minimum atomic E-state index is -0.591. The van der Waals surface area contributed by atoms with E-state index in [1.165, 1.54) is 0 Å². The molecule has 0 aromatic heterocycles. The van der Waals surface area contributed by atoms with Gasteiger partial charge in [0.2, 0.25) is 0 Å². The first kappa shape index (κ1) is 19.1. The average molecular weight is 364 g/mol. The van der Waals surface area contributed by atoms with E-state index in [2.05, 4.69) is 10.2 Å². The normalized spacial score (nSPS) is 28.2. The van der Waals surface area contributed by atoms with Gasteiger partial charge in [0.1, 0.15) is 11.4 Å². The molecule has 1 unspecified atom stereocenters. The van der Waals surface area contributed by atoms with E-state index >= 15 is 0 Å². The molecule has 3 rings (SSSR count). The van der Waals surface area contributed by atoms with Crippen LogP contribution in [0.2, 0.25) is 0 Å². The molecule has 2 fully saturated rings. The number of likely N-dealkylation sites (tertiary alicyclic amines) is 2. The highest BCUT2D eigenvalue weighted by Crippen LogP contribution is 2.32. The summed E-state index contributed by atoms with van der Waals surface area (Å²) in [4.78, 5) is 33.7. The molecular weight excluding hydrogens is 332 g/mol. The van der Waals surface area contributed by atoms with Gasteiger partial charge in [0.15, 0.2) is 5.54 Å². The van der Waals surface area contributed by atoms with Crippen LogP contribution >= 0.6 is 0 Å². The zero-order valence-electron chi connectivity index (χ0n) is 16.5. The van der Waals surface area contributed by atoms with Gasteiger partial charge in [-0.25, -0.2) is 4.79 Å². The van der Waals surface area contributed by atoms with Gasteiger partial charge in [0, 0.05) is 32.1 Å². The number of hydrogen-bond acceptors (Lipinski definition) is 5. The largest absolute Gasteiger partial charge is 0.444 e. The number of hydrogen-bond donors (Lipinski definition) is 1. The van der Waals surface area contributed by atoms with Gasteiger partial charge in [0.25, 0.3) is 5.91 Å². The molecular formula is C19H32N4O3. The standard InChI is InChI=1S/C19H32N4O3/c1-5-15-20-16(24)19(21-15)9-6-10-23(13-19)14-7-11-22(12-8-14)17(25)26-18(2,3)4/h14H,5-13H2,1-4H3,(H,20,21,24). The highest BCUT2D eigenvalue weighted by molar-refractivity contribution is 6.08. The Kier molecular flexibility index (Phi) is 5.28. The number of ether oxygens (including phenoxy) is 1. The van der Waals surface area contributed by atoms with Crippen LogP contribution in [0.1, 0.15) is 59.8 Å². The lowest BCUT2D eigenvalue weighted by atomic mass is 9.87. The first-order valence-electron chi connectivity index (χ1n) is 9.84. The lowest BCUT2D eigenvalue weighted by Gasteiger charge is -2.44. The van der Waals surface area contributed by atoms with Crippen molar-refractivity contribution in [2.75, 3.05) is 26.2 Å². The fraction of sp³-hybridized carbons (Fsp3) is 0.842. The van der Waals surface area contributed by atoms with Crippen LogP contribution in [0.25, 0.3) is 0 Å². The van der Waals surface area contributed by atoms with Crippen LogP contribution in [0.5, 0.6) is 0 Å². The predicted molar refractivity (Wildman–Crippen MR) is 100 cm³/mol. The fourth-order valence-electron chi connectivity index (χ4n) is 4.15. The van der Waals surface area contributed by atoms with E-state index in [9.17, 15) is 9.59 Å². The van der Waals surface area contributed by atoms with Crippen molar-refractivity contribution in [1.29, 1.82) is 0 Å². The Morgan fingerprint density at radius 1 is 1.31 bits per heavy atom. The molecule has 1 atom stereocenters. The van der Waals surface area contributed by atoms with Crippen molar-refractivity contribution < 1.29 is 14.3 Å². The first-order chi connectivity index (χ1) is 12.2. The van der Waals surface area contributed by atoms with E-state index in [1.54, 1.807) is 4.90 Å². The van der Waals surface area contributed by atoms with Crippen LogP contribution in [0, 0.1) is 0 Å². The van der Waals surface area contributed by atoms with Gasteiger partial charge in [-0.3, -0.25) is 14.7 Å². The molecule has 0 aromatic rings. The molecule has 0 saturated carbocycles. The maximum absolute atomic E-state index is 12.5. The summed E-state index contributed by atoms with van der Waals surface area (Å²) >= 11 is 0. The van der Waals surface area contributed by atoms with E-state index < -0.39 is 11.1 Å². The van der Waals surface area contributed by atoms with Gasteiger partial charge >= 0.3 is 6.09 Å². The number of nitrogens with one attached hydrogen (secondary N) is 1. The zero-order valence-corrected chi connectivity index (χ0v) is 16.5. The van der Waals surface area contributed by atoms with Crippen molar-refractivity contribution in [2.45, 2.75) is 77.0 Å². The Hall–Kier alpha value is -1.63. The molecule has 7 nitrogen and oxygen atoms in total. The molecule has 1 N–H and O–H groups in total. The van der Waals surface area contributed by atoms with Crippen molar-refractivity contribution in [3.05, 3.63) is 0 Å².